The molecular weight excluding hydrogens is 462 g/mol. The molecule has 2 aromatic carbocycles. The minimum absolute atomic E-state index is 0. The first-order valence-electron chi connectivity index (χ1n) is 7.93. The summed E-state index contributed by atoms with van der Waals surface area (Å²) in [7, 11) is -3.07. The fourth-order valence-corrected chi connectivity index (χ4v) is 1.98. The minimum Gasteiger partial charge on any atom is -0.478 e. The van der Waals surface area contributed by atoms with Crippen molar-refractivity contribution in [3.63, 3.8) is 0 Å². The zero-order chi connectivity index (χ0) is 21.1. The number of rotatable bonds is 6. The van der Waals surface area contributed by atoms with Gasteiger partial charge in [0, 0.05) is 33.2 Å². The second-order valence-electron chi connectivity index (χ2n) is 5.43. The van der Waals surface area contributed by atoms with Gasteiger partial charge in [-0.05, 0) is 34.2 Å². The molecule has 0 saturated heterocycles. The van der Waals surface area contributed by atoms with Crippen LogP contribution in [0.2, 0.25) is 0 Å². The molecule has 0 atom stereocenters. The third-order valence-corrected chi connectivity index (χ3v) is 3.25. The van der Waals surface area contributed by atoms with Crippen LogP contribution in [0.1, 0.15) is 11.1 Å². The molecule has 0 heterocycles. The third-order valence-electron chi connectivity index (χ3n) is 3.25. The van der Waals surface area contributed by atoms with E-state index in [0.717, 1.165) is 12.2 Å². The topological polar surface area (TPSA) is 156 Å². The van der Waals surface area contributed by atoms with Crippen LogP contribution < -0.4 is 10.9 Å². The molecule has 2 rings (SSSR count). The van der Waals surface area contributed by atoms with Crippen molar-refractivity contribution in [2.24, 2.45) is 0 Å². The van der Waals surface area contributed by atoms with E-state index in [0.29, 0.717) is 22.1 Å². The van der Waals surface area contributed by atoms with Crippen molar-refractivity contribution < 1.29 is 61.0 Å². The standard InChI is InChI=1S/2C9H9BO4.Mo/c2*11-9(12)5-4-7-2-1-3-8(6-7)10(13)14;/h2*1-6,13-14H,(H,11,12);. The minimum atomic E-state index is -1.53. The molecule has 29 heavy (non-hydrogen) atoms. The Bertz CT molecular complexity index is 797. The monoisotopic (exact) mass is 482 g/mol. The normalized spacial score (nSPS) is 10.1. The number of hydrogen-bond acceptors (Lipinski definition) is 6. The van der Waals surface area contributed by atoms with E-state index in [1.54, 1.807) is 36.4 Å². The van der Waals surface area contributed by atoms with Crippen molar-refractivity contribution in [1.29, 1.82) is 0 Å². The van der Waals surface area contributed by atoms with E-state index in [1.165, 1.54) is 24.3 Å². The summed E-state index contributed by atoms with van der Waals surface area (Å²) in [5.74, 6) is -2.08. The summed E-state index contributed by atoms with van der Waals surface area (Å²) in [5.41, 5.74) is 1.88. The fourth-order valence-electron chi connectivity index (χ4n) is 1.98. The number of hydrogen-bond donors (Lipinski definition) is 6. The van der Waals surface area contributed by atoms with Crippen molar-refractivity contribution in [2.75, 3.05) is 0 Å². The largest absolute Gasteiger partial charge is 0.488 e. The van der Waals surface area contributed by atoms with Crippen LogP contribution in [0, 0.1) is 0 Å². The summed E-state index contributed by atoms with van der Waals surface area (Å²) in [4.78, 5) is 20.4. The van der Waals surface area contributed by atoms with Gasteiger partial charge in [0.25, 0.3) is 0 Å². The molecule has 11 heteroatoms. The summed E-state index contributed by atoms with van der Waals surface area (Å²) in [5, 5.41) is 52.1. The van der Waals surface area contributed by atoms with Gasteiger partial charge in [0.05, 0.1) is 0 Å². The number of carboxylic acid groups (broad SMARTS) is 2. The quantitative estimate of drug-likeness (QED) is 0.226. The average Bonchev–Trinajstić information content (AvgIpc) is 2.65. The molecule has 2 aromatic rings. The Balaban J connectivity index is 0.000000523. The van der Waals surface area contributed by atoms with Gasteiger partial charge in [-0.3, -0.25) is 0 Å². The number of aliphatic carboxylic acids is 2. The predicted molar refractivity (Wildman–Crippen MR) is 106 cm³/mol. The maximum atomic E-state index is 10.2. The summed E-state index contributed by atoms with van der Waals surface area (Å²) in [6.07, 6.45) is 4.74. The Hall–Kier alpha value is -2.48. The predicted octanol–water partition coefficient (Wildman–Crippen LogP) is -1.07. The number of carboxylic acids is 2. The van der Waals surface area contributed by atoms with Gasteiger partial charge in [0.15, 0.2) is 0 Å². The molecule has 6 N–H and O–H groups in total. The first kappa shape index (κ1) is 26.5. The Kier molecular flexibility index (Phi) is 12.5. The number of benzene rings is 2. The maximum absolute atomic E-state index is 10.2. The molecule has 0 saturated carbocycles. The van der Waals surface area contributed by atoms with E-state index in [2.05, 4.69) is 0 Å². The zero-order valence-electron chi connectivity index (χ0n) is 15.0. The molecule has 0 aromatic heterocycles. The first-order chi connectivity index (χ1) is 13.2. The molecule has 0 unspecified atom stereocenters. The van der Waals surface area contributed by atoms with Gasteiger partial charge in [0.1, 0.15) is 0 Å². The smallest absolute Gasteiger partial charge is 0.478 e. The van der Waals surface area contributed by atoms with E-state index in [4.69, 9.17) is 30.3 Å². The van der Waals surface area contributed by atoms with E-state index in [-0.39, 0.29) is 21.1 Å². The van der Waals surface area contributed by atoms with Crippen molar-refractivity contribution in [3.05, 3.63) is 71.8 Å². The Morgan fingerprint density at radius 2 is 1.03 bits per heavy atom. The van der Waals surface area contributed by atoms with Crippen LogP contribution in [0.25, 0.3) is 12.2 Å². The van der Waals surface area contributed by atoms with Crippen LogP contribution in [0.3, 0.4) is 0 Å². The Morgan fingerprint density at radius 3 is 1.31 bits per heavy atom. The molecule has 0 fully saturated rings. The van der Waals surface area contributed by atoms with Gasteiger partial charge in [-0.15, -0.1) is 0 Å². The van der Waals surface area contributed by atoms with Crippen molar-refractivity contribution >= 4 is 49.3 Å². The molecule has 0 aliphatic heterocycles. The summed E-state index contributed by atoms with van der Waals surface area (Å²) in [6.45, 7) is 0. The molecule has 0 radical (unpaired) electrons. The summed E-state index contributed by atoms with van der Waals surface area (Å²) >= 11 is 0. The SMILES string of the molecule is O=C(O)C=Cc1cccc(B(O)O)c1.O=C(O)C=Cc1cccc(B(O)O)c1.[Mo]. The van der Waals surface area contributed by atoms with Gasteiger partial charge in [-0.2, -0.15) is 0 Å². The average molecular weight is 480 g/mol. The Labute approximate surface area is 182 Å². The molecule has 8 nitrogen and oxygen atoms in total. The molecule has 0 aliphatic rings. The van der Waals surface area contributed by atoms with E-state index >= 15 is 0 Å². The fraction of sp³-hybridized carbons (Fsp3) is 0. The van der Waals surface area contributed by atoms with Crippen molar-refractivity contribution in [1.82, 2.24) is 0 Å². The van der Waals surface area contributed by atoms with E-state index in [1.807, 2.05) is 0 Å². The van der Waals surface area contributed by atoms with Crippen LogP contribution in [-0.2, 0) is 30.7 Å². The maximum Gasteiger partial charge on any atom is 0.488 e. The van der Waals surface area contributed by atoms with Gasteiger partial charge in [0.2, 0.25) is 0 Å². The van der Waals surface area contributed by atoms with Gasteiger partial charge < -0.3 is 30.3 Å². The van der Waals surface area contributed by atoms with Gasteiger partial charge in [-0.1, -0.05) is 48.5 Å². The van der Waals surface area contributed by atoms with Gasteiger partial charge >= 0.3 is 26.2 Å². The molecule has 150 valence electrons. The molecule has 0 amide bonds. The van der Waals surface area contributed by atoms with Crippen LogP contribution >= 0.6 is 0 Å². The Morgan fingerprint density at radius 1 is 0.690 bits per heavy atom. The summed E-state index contributed by atoms with van der Waals surface area (Å²) < 4.78 is 0. The van der Waals surface area contributed by atoms with Crippen molar-refractivity contribution in [2.45, 2.75) is 0 Å². The second kappa shape index (κ2) is 13.7. The van der Waals surface area contributed by atoms with Crippen LogP contribution in [0.4, 0.5) is 0 Å². The molecule has 0 bridgehead atoms. The van der Waals surface area contributed by atoms with Crippen LogP contribution in [0.15, 0.2) is 60.7 Å². The first-order valence-corrected chi connectivity index (χ1v) is 7.93. The van der Waals surface area contributed by atoms with Crippen LogP contribution in [0.5, 0.6) is 0 Å². The molecular formula is C18H18B2MoO8. The van der Waals surface area contributed by atoms with Crippen LogP contribution in [-0.4, -0.2) is 56.5 Å². The summed E-state index contributed by atoms with van der Waals surface area (Å²) in [6, 6.07) is 12.7. The second-order valence-corrected chi connectivity index (χ2v) is 5.43. The molecule has 0 spiro atoms. The van der Waals surface area contributed by atoms with Gasteiger partial charge in [-0.25, -0.2) is 9.59 Å². The molecule has 0 aliphatic carbocycles. The third kappa shape index (κ3) is 11.2. The van der Waals surface area contributed by atoms with E-state index < -0.39 is 26.2 Å². The van der Waals surface area contributed by atoms with Crippen molar-refractivity contribution in [3.8, 4) is 0 Å². The van der Waals surface area contributed by atoms with E-state index in [9.17, 15) is 9.59 Å². The zero-order valence-corrected chi connectivity index (χ0v) is 17.0. The number of carbonyl (C=O) groups is 2.